The van der Waals surface area contributed by atoms with E-state index in [4.69, 9.17) is 18.5 Å². The average molecular weight is 573 g/mol. The molecule has 0 spiro atoms. The van der Waals surface area contributed by atoms with Crippen molar-refractivity contribution in [3.05, 3.63) is 48.0 Å². The Bertz CT molecular complexity index is 1130. The molecule has 0 unspecified atom stereocenters. The van der Waals surface area contributed by atoms with Gasteiger partial charge in [0.25, 0.3) is 0 Å². The van der Waals surface area contributed by atoms with Gasteiger partial charge in [0.15, 0.2) is 0 Å². The topological polar surface area (TPSA) is 77.5 Å². The highest BCUT2D eigenvalue weighted by molar-refractivity contribution is 7.62. The van der Waals surface area contributed by atoms with Gasteiger partial charge in [-0.15, -0.1) is 0 Å². The summed E-state index contributed by atoms with van der Waals surface area (Å²) >= 11 is 0. The fourth-order valence-corrected chi connectivity index (χ4v) is 6.68. The summed E-state index contributed by atoms with van der Waals surface area (Å²) in [4.78, 5) is 16.3. The van der Waals surface area contributed by atoms with E-state index in [1.807, 2.05) is 50.2 Å². The molecule has 0 aliphatic carbocycles. The number of benzene rings is 2. The van der Waals surface area contributed by atoms with E-state index in [9.17, 15) is 9.36 Å². The lowest BCUT2D eigenvalue weighted by Crippen LogP contribution is -2.42. The molecule has 220 valence electrons. The van der Waals surface area contributed by atoms with Crippen molar-refractivity contribution in [1.29, 1.82) is 0 Å². The lowest BCUT2D eigenvalue weighted by molar-refractivity contribution is 0.0515. The summed E-state index contributed by atoms with van der Waals surface area (Å²) < 4.78 is 37.1. The minimum Gasteiger partial charge on any atom is -0.490 e. The molecule has 2 aromatic carbocycles. The summed E-state index contributed by atoms with van der Waals surface area (Å²) in [5, 5.41) is 0.601. The first kappa shape index (κ1) is 30.4. The summed E-state index contributed by atoms with van der Waals surface area (Å²) in [6.45, 7) is 10.9. The van der Waals surface area contributed by atoms with Crippen LogP contribution in [-0.2, 0) is 24.8 Å². The molecule has 0 bridgehead atoms. The second-order valence-corrected chi connectivity index (χ2v) is 12.8. The van der Waals surface area contributed by atoms with Gasteiger partial charge in [-0.3, -0.25) is 4.57 Å². The third kappa shape index (κ3) is 7.59. The number of carbonyl (C=O) groups excluding carboxylic acids is 1. The lowest BCUT2D eigenvalue weighted by atomic mass is 10.1. The molecule has 0 aromatic heterocycles. The van der Waals surface area contributed by atoms with Crippen molar-refractivity contribution in [2.24, 2.45) is 0 Å². The van der Waals surface area contributed by atoms with Crippen LogP contribution in [0.15, 0.2) is 42.5 Å². The molecule has 1 saturated heterocycles. The van der Waals surface area contributed by atoms with E-state index in [2.05, 4.69) is 24.8 Å². The highest BCUT2D eigenvalue weighted by atomic mass is 31.2. The van der Waals surface area contributed by atoms with Crippen LogP contribution in [0.3, 0.4) is 0 Å². The Kier molecular flexibility index (Phi) is 10.9. The SMILES string of the molecule is CCCCOP(=O)(OCCCC)c1ccc(N2CCc3c(OC4CCN(C(=O)OC(C)C)CC4)cccc32)cc1. The number of likely N-dealkylation sites (tertiary alicyclic amines) is 1. The van der Waals surface area contributed by atoms with Gasteiger partial charge in [-0.25, -0.2) is 4.79 Å². The summed E-state index contributed by atoms with van der Waals surface area (Å²) in [6.07, 6.45) is 5.78. The van der Waals surface area contributed by atoms with Crippen LogP contribution in [0.5, 0.6) is 5.75 Å². The molecule has 0 saturated carbocycles. The van der Waals surface area contributed by atoms with Crippen LogP contribution in [0.2, 0.25) is 0 Å². The zero-order chi connectivity index (χ0) is 28.5. The molecule has 4 rings (SSSR count). The minimum atomic E-state index is -3.37. The molecule has 2 heterocycles. The molecule has 0 atom stereocenters. The molecule has 1 fully saturated rings. The van der Waals surface area contributed by atoms with Crippen molar-refractivity contribution in [2.75, 3.05) is 37.7 Å². The zero-order valence-electron chi connectivity index (χ0n) is 24.5. The number of carbonyl (C=O) groups is 1. The van der Waals surface area contributed by atoms with Gasteiger partial charge in [-0.1, -0.05) is 32.8 Å². The standard InChI is InChI=1S/C31H45N2O6P/c1-5-7-22-36-40(35,37-23-8-6-2)27-14-12-25(13-15-27)33-21-18-28-29(33)10-9-11-30(28)39-26-16-19-32(20-17-26)31(34)38-24(3)4/h9-15,24,26H,5-8,16-23H2,1-4H3. The predicted molar refractivity (Wildman–Crippen MR) is 159 cm³/mol. The van der Waals surface area contributed by atoms with Crippen LogP contribution in [0, 0.1) is 0 Å². The first-order chi connectivity index (χ1) is 19.3. The monoisotopic (exact) mass is 572 g/mol. The van der Waals surface area contributed by atoms with E-state index in [-0.39, 0.29) is 18.3 Å². The van der Waals surface area contributed by atoms with Gasteiger partial charge in [0.1, 0.15) is 11.9 Å². The molecule has 9 heteroatoms. The fraction of sp³-hybridized carbons (Fsp3) is 0.581. The summed E-state index contributed by atoms with van der Waals surface area (Å²) in [5.41, 5.74) is 3.36. The van der Waals surface area contributed by atoms with Crippen molar-refractivity contribution < 1.29 is 27.9 Å². The number of fused-ring (bicyclic) bond motifs is 1. The normalized spacial score (nSPS) is 15.9. The lowest BCUT2D eigenvalue weighted by Gasteiger charge is -2.32. The molecule has 8 nitrogen and oxygen atoms in total. The Labute approximate surface area is 239 Å². The van der Waals surface area contributed by atoms with Crippen LogP contribution < -0.4 is 14.9 Å². The van der Waals surface area contributed by atoms with Crippen molar-refractivity contribution >= 4 is 30.4 Å². The molecule has 40 heavy (non-hydrogen) atoms. The Hall–Kier alpha value is -2.54. The van der Waals surface area contributed by atoms with E-state index >= 15 is 0 Å². The number of hydrogen-bond acceptors (Lipinski definition) is 7. The van der Waals surface area contributed by atoms with Crippen LogP contribution in [0.4, 0.5) is 16.2 Å². The number of unbranched alkanes of at least 4 members (excludes halogenated alkanes) is 2. The first-order valence-corrected chi connectivity index (χ1v) is 16.4. The number of hydrogen-bond donors (Lipinski definition) is 0. The summed E-state index contributed by atoms with van der Waals surface area (Å²) in [7, 11) is -3.37. The van der Waals surface area contributed by atoms with Gasteiger partial charge in [0.05, 0.1) is 24.6 Å². The highest BCUT2D eigenvalue weighted by Crippen LogP contribution is 2.48. The molecular weight excluding hydrogens is 527 g/mol. The molecule has 0 radical (unpaired) electrons. The molecule has 2 aromatic rings. The van der Waals surface area contributed by atoms with Crippen LogP contribution >= 0.6 is 7.60 Å². The number of nitrogens with zero attached hydrogens (tertiary/aromatic N) is 2. The quantitative estimate of drug-likeness (QED) is 0.185. The maximum atomic E-state index is 13.6. The molecular formula is C31H45N2O6P. The van der Waals surface area contributed by atoms with Gasteiger partial charge in [-0.05, 0) is 69.5 Å². The number of rotatable bonds is 13. The van der Waals surface area contributed by atoms with Crippen LogP contribution in [-0.4, -0.2) is 56.0 Å². The van der Waals surface area contributed by atoms with E-state index in [0.29, 0.717) is 31.6 Å². The number of ether oxygens (including phenoxy) is 2. The minimum absolute atomic E-state index is 0.0671. The molecule has 2 aliphatic heterocycles. The Balaban J connectivity index is 1.42. The first-order valence-electron chi connectivity index (χ1n) is 14.9. The number of piperidine rings is 1. The second kappa shape index (κ2) is 14.4. The Morgan fingerprint density at radius 2 is 1.60 bits per heavy atom. The Morgan fingerprint density at radius 3 is 2.20 bits per heavy atom. The molecule has 2 aliphatic rings. The number of anilines is 2. The van der Waals surface area contributed by atoms with Crippen molar-refractivity contribution in [3.63, 3.8) is 0 Å². The molecule has 1 amide bonds. The van der Waals surface area contributed by atoms with Gasteiger partial charge in [-0.2, -0.15) is 0 Å². The van der Waals surface area contributed by atoms with E-state index in [0.717, 1.165) is 68.6 Å². The summed E-state index contributed by atoms with van der Waals surface area (Å²) in [6, 6.07) is 14.0. The van der Waals surface area contributed by atoms with Crippen molar-refractivity contribution in [3.8, 4) is 5.75 Å². The van der Waals surface area contributed by atoms with Gasteiger partial charge in [0.2, 0.25) is 0 Å². The number of amides is 1. The summed E-state index contributed by atoms with van der Waals surface area (Å²) in [5.74, 6) is 0.915. The highest BCUT2D eigenvalue weighted by Gasteiger charge is 2.30. The van der Waals surface area contributed by atoms with Gasteiger partial charge in [0, 0.05) is 49.4 Å². The van der Waals surface area contributed by atoms with Gasteiger partial charge < -0.3 is 28.3 Å². The van der Waals surface area contributed by atoms with Crippen molar-refractivity contribution in [1.82, 2.24) is 4.90 Å². The largest absolute Gasteiger partial charge is 0.490 e. The van der Waals surface area contributed by atoms with Crippen molar-refractivity contribution in [2.45, 2.75) is 84.8 Å². The third-order valence-electron chi connectivity index (χ3n) is 7.31. The molecule has 0 N–H and O–H groups in total. The third-order valence-corrected chi connectivity index (χ3v) is 9.29. The zero-order valence-corrected chi connectivity index (χ0v) is 25.4. The van der Waals surface area contributed by atoms with Crippen LogP contribution in [0.25, 0.3) is 0 Å². The fourth-order valence-electron chi connectivity index (χ4n) is 5.05. The van der Waals surface area contributed by atoms with E-state index < -0.39 is 7.60 Å². The predicted octanol–water partition coefficient (Wildman–Crippen LogP) is 7.22. The van der Waals surface area contributed by atoms with E-state index in [1.54, 1.807) is 4.90 Å². The smallest absolute Gasteiger partial charge is 0.410 e. The van der Waals surface area contributed by atoms with E-state index in [1.165, 1.54) is 5.56 Å². The average Bonchev–Trinajstić information content (AvgIpc) is 3.39. The second-order valence-electron chi connectivity index (χ2n) is 10.8. The van der Waals surface area contributed by atoms with Crippen LogP contribution in [0.1, 0.15) is 71.8 Å². The maximum absolute atomic E-state index is 13.6. The maximum Gasteiger partial charge on any atom is 0.410 e. The Morgan fingerprint density at radius 1 is 0.950 bits per heavy atom. The van der Waals surface area contributed by atoms with Gasteiger partial charge >= 0.3 is 13.7 Å².